The van der Waals surface area contributed by atoms with Crippen molar-refractivity contribution in [3.8, 4) is 0 Å². The van der Waals surface area contributed by atoms with E-state index < -0.39 is 17.9 Å². The van der Waals surface area contributed by atoms with Gasteiger partial charge < -0.3 is 15.4 Å². The molecule has 0 bridgehead atoms. The summed E-state index contributed by atoms with van der Waals surface area (Å²) in [5.41, 5.74) is 2.00. The Bertz CT molecular complexity index is 1080. The molecule has 0 radical (unpaired) electrons. The molecule has 0 saturated carbocycles. The monoisotopic (exact) mass is 456 g/mol. The van der Waals surface area contributed by atoms with Crippen LogP contribution in [0.3, 0.4) is 0 Å². The third kappa shape index (κ3) is 5.26. The summed E-state index contributed by atoms with van der Waals surface area (Å²) in [7, 11) is 0. The third-order valence-electron chi connectivity index (χ3n) is 4.73. The Labute approximate surface area is 191 Å². The van der Waals surface area contributed by atoms with Crippen LogP contribution in [0, 0.1) is 6.92 Å². The highest BCUT2D eigenvalue weighted by Gasteiger charge is 2.36. The molecule has 8 nitrogen and oxygen atoms in total. The smallest absolute Gasteiger partial charge is 0.309 e. The first-order valence-electron chi connectivity index (χ1n) is 10.2. The van der Waals surface area contributed by atoms with Crippen molar-refractivity contribution < 1.29 is 19.1 Å². The van der Waals surface area contributed by atoms with Crippen molar-refractivity contribution in [2.24, 2.45) is 5.10 Å². The molecular weight excluding hydrogens is 432 g/mol. The topological polar surface area (TPSA) is 100 Å². The molecule has 2 aromatic carbocycles. The van der Waals surface area contributed by atoms with E-state index in [4.69, 9.17) is 16.3 Å². The predicted molar refractivity (Wildman–Crippen MR) is 124 cm³/mol. The van der Waals surface area contributed by atoms with Crippen molar-refractivity contribution >= 4 is 46.7 Å². The van der Waals surface area contributed by atoms with Crippen molar-refractivity contribution in [2.75, 3.05) is 10.3 Å². The van der Waals surface area contributed by atoms with Gasteiger partial charge in [-0.2, -0.15) is 0 Å². The Morgan fingerprint density at radius 2 is 1.88 bits per heavy atom. The number of hydrogen-bond acceptors (Lipinski definition) is 6. The third-order valence-corrected chi connectivity index (χ3v) is 5.05. The second kappa shape index (κ2) is 9.82. The Balaban J connectivity index is 1.92. The standard InChI is InChI=1S/C23H25ClN4O4/c1-13(2)25-22(30)16-9-7-8-14(3)21(16)26-23(31)19-12-20(32-15(4)29)27-28(19)18-11-6-5-10-17(18)24/h5-11,13,19H,12H2,1-4H3,(H,25,30)(H,26,31). The molecule has 1 heterocycles. The highest BCUT2D eigenvalue weighted by Crippen LogP contribution is 2.32. The van der Waals surface area contributed by atoms with Crippen molar-refractivity contribution in [3.05, 3.63) is 58.6 Å². The van der Waals surface area contributed by atoms with Gasteiger partial charge in [0.15, 0.2) is 0 Å². The van der Waals surface area contributed by atoms with Crippen LogP contribution in [0.4, 0.5) is 11.4 Å². The largest absolute Gasteiger partial charge is 0.410 e. The van der Waals surface area contributed by atoms with E-state index in [1.807, 2.05) is 26.8 Å². The fraction of sp³-hybridized carbons (Fsp3) is 0.304. The molecule has 3 rings (SSSR count). The molecule has 1 aliphatic heterocycles. The molecule has 0 fully saturated rings. The van der Waals surface area contributed by atoms with Gasteiger partial charge in [-0.05, 0) is 44.5 Å². The second-order valence-corrected chi connectivity index (χ2v) is 8.13. The Hall–Kier alpha value is -3.39. The van der Waals surface area contributed by atoms with Gasteiger partial charge in [0.05, 0.1) is 28.4 Å². The number of benzene rings is 2. The number of nitrogens with one attached hydrogen (secondary N) is 2. The molecule has 0 saturated heterocycles. The maximum atomic E-state index is 13.3. The average Bonchev–Trinajstić information content (AvgIpc) is 3.12. The lowest BCUT2D eigenvalue weighted by Crippen LogP contribution is -2.39. The summed E-state index contributed by atoms with van der Waals surface area (Å²) in [6.07, 6.45) is 0.0655. The molecule has 32 heavy (non-hydrogen) atoms. The lowest BCUT2D eigenvalue weighted by atomic mass is 10.1. The molecular formula is C23H25ClN4O4. The van der Waals surface area contributed by atoms with E-state index in [2.05, 4.69) is 15.7 Å². The van der Waals surface area contributed by atoms with Crippen LogP contribution in [0.15, 0.2) is 47.6 Å². The van der Waals surface area contributed by atoms with Crippen molar-refractivity contribution in [2.45, 2.75) is 46.2 Å². The number of para-hydroxylation sites is 2. The number of carbonyl (C=O) groups excluding carboxylic acids is 3. The molecule has 2 N–H and O–H groups in total. The first-order chi connectivity index (χ1) is 15.2. The Kier molecular flexibility index (Phi) is 7.15. The summed E-state index contributed by atoms with van der Waals surface area (Å²) in [4.78, 5) is 37.5. The number of esters is 1. The van der Waals surface area contributed by atoms with E-state index in [9.17, 15) is 14.4 Å². The number of ether oxygens (including phenoxy) is 1. The number of hydrazone groups is 1. The lowest BCUT2D eigenvalue weighted by molar-refractivity contribution is -0.133. The van der Waals surface area contributed by atoms with E-state index in [-0.39, 0.29) is 24.3 Å². The first kappa shape index (κ1) is 23.3. The van der Waals surface area contributed by atoms with Gasteiger partial charge in [0.2, 0.25) is 11.8 Å². The van der Waals surface area contributed by atoms with E-state index in [0.29, 0.717) is 22.0 Å². The number of anilines is 2. The molecule has 0 aliphatic carbocycles. The number of hydrogen-bond donors (Lipinski definition) is 2. The zero-order chi connectivity index (χ0) is 23.4. The van der Waals surface area contributed by atoms with Gasteiger partial charge in [-0.1, -0.05) is 35.9 Å². The van der Waals surface area contributed by atoms with Crippen LogP contribution < -0.4 is 15.6 Å². The summed E-state index contributed by atoms with van der Waals surface area (Å²) in [5.74, 6) is -1.12. The van der Waals surface area contributed by atoms with Crippen LogP contribution >= 0.6 is 11.6 Å². The van der Waals surface area contributed by atoms with Crippen LogP contribution in [0.1, 0.15) is 43.1 Å². The average molecular weight is 457 g/mol. The Morgan fingerprint density at radius 3 is 2.53 bits per heavy atom. The van der Waals surface area contributed by atoms with Crippen LogP contribution in [-0.2, 0) is 14.3 Å². The van der Waals surface area contributed by atoms with Gasteiger partial charge in [-0.25, -0.2) is 5.01 Å². The number of amides is 2. The first-order valence-corrected chi connectivity index (χ1v) is 10.6. The van der Waals surface area contributed by atoms with Crippen molar-refractivity contribution in [1.82, 2.24) is 5.32 Å². The van der Waals surface area contributed by atoms with Gasteiger partial charge in [0.1, 0.15) is 6.04 Å². The molecule has 1 unspecified atom stereocenters. The molecule has 2 aromatic rings. The van der Waals surface area contributed by atoms with Crippen LogP contribution in [0.5, 0.6) is 0 Å². The highest BCUT2D eigenvalue weighted by atomic mass is 35.5. The van der Waals surface area contributed by atoms with Crippen LogP contribution in [0.25, 0.3) is 0 Å². The summed E-state index contributed by atoms with van der Waals surface area (Å²) < 4.78 is 5.15. The summed E-state index contributed by atoms with van der Waals surface area (Å²) in [6, 6.07) is 11.3. The zero-order valence-electron chi connectivity index (χ0n) is 18.3. The molecule has 1 atom stereocenters. The molecule has 0 aromatic heterocycles. The minimum absolute atomic E-state index is 0.0585. The number of nitrogens with zero attached hydrogens (tertiary/aromatic N) is 2. The second-order valence-electron chi connectivity index (χ2n) is 7.72. The van der Waals surface area contributed by atoms with E-state index in [1.165, 1.54) is 11.9 Å². The van der Waals surface area contributed by atoms with Crippen LogP contribution in [0.2, 0.25) is 5.02 Å². The molecule has 1 aliphatic rings. The summed E-state index contributed by atoms with van der Waals surface area (Å²) in [5, 5.41) is 11.8. The molecule has 0 spiro atoms. The van der Waals surface area contributed by atoms with Crippen molar-refractivity contribution in [1.29, 1.82) is 0 Å². The summed E-state index contributed by atoms with van der Waals surface area (Å²) in [6.45, 7) is 6.80. The van der Waals surface area contributed by atoms with E-state index >= 15 is 0 Å². The van der Waals surface area contributed by atoms with Gasteiger partial charge in [0.25, 0.3) is 5.91 Å². The highest BCUT2D eigenvalue weighted by molar-refractivity contribution is 6.33. The Morgan fingerprint density at radius 1 is 1.16 bits per heavy atom. The number of rotatable bonds is 5. The van der Waals surface area contributed by atoms with Gasteiger partial charge in [0, 0.05) is 13.0 Å². The van der Waals surface area contributed by atoms with E-state index in [0.717, 1.165) is 5.56 Å². The minimum atomic E-state index is -0.829. The SMILES string of the molecule is CC(=O)OC1=NN(c2ccccc2Cl)C(C(=O)Nc2c(C)cccc2C(=O)NC(C)C)C1. The number of carbonyl (C=O) groups is 3. The van der Waals surface area contributed by atoms with Gasteiger partial charge in [-0.15, -0.1) is 5.10 Å². The maximum absolute atomic E-state index is 13.3. The number of halogens is 1. The quantitative estimate of drug-likeness (QED) is 0.665. The normalized spacial score (nSPS) is 15.4. The molecule has 168 valence electrons. The van der Waals surface area contributed by atoms with Crippen LogP contribution in [-0.4, -0.2) is 35.8 Å². The summed E-state index contributed by atoms with van der Waals surface area (Å²) >= 11 is 6.33. The van der Waals surface area contributed by atoms with Crippen molar-refractivity contribution in [3.63, 3.8) is 0 Å². The molecule has 9 heteroatoms. The fourth-order valence-corrected chi connectivity index (χ4v) is 3.57. The number of aryl methyl sites for hydroxylation is 1. The lowest BCUT2D eigenvalue weighted by Gasteiger charge is -2.24. The zero-order valence-corrected chi connectivity index (χ0v) is 19.1. The van der Waals surface area contributed by atoms with Gasteiger partial charge >= 0.3 is 5.97 Å². The fourth-order valence-electron chi connectivity index (χ4n) is 3.34. The van der Waals surface area contributed by atoms with E-state index in [1.54, 1.807) is 36.4 Å². The molecule has 2 amide bonds. The maximum Gasteiger partial charge on any atom is 0.309 e. The predicted octanol–water partition coefficient (Wildman–Crippen LogP) is 3.88. The van der Waals surface area contributed by atoms with Gasteiger partial charge in [-0.3, -0.25) is 14.4 Å². The minimum Gasteiger partial charge on any atom is -0.410 e.